The topological polar surface area (TPSA) is 75.9 Å². The number of thioether (sulfide) groups is 1. The van der Waals surface area contributed by atoms with Gasteiger partial charge in [-0.3, -0.25) is 0 Å². The Hall–Kier alpha value is -0.660. The van der Waals surface area contributed by atoms with E-state index in [1.54, 1.807) is 16.4 Å². The van der Waals surface area contributed by atoms with Gasteiger partial charge in [0.2, 0.25) is 5.16 Å². The molecular weight excluding hydrogens is 250 g/mol. The van der Waals surface area contributed by atoms with E-state index in [2.05, 4.69) is 41.6 Å². The van der Waals surface area contributed by atoms with Crippen LogP contribution < -0.4 is 5.32 Å². The molecule has 0 saturated heterocycles. The summed E-state index contributed by atoms with van der Waals surface area (Å²) in [7, 11) is 0. The molecule has 1 aromatic heterocycles. The van der Waals surface area contributed by atoms with Crippen molar-refractivity contribution in [2.24, 2.45) is 5.92 Å². The van der Waals surface area contributed by atoms with Gasteiger partial charge in [-0.15, -0.1) is 5.10 Å². The molecule has 0 aliphatic carbocycles. The molecule has 1 atom stereocenters. The van der Waals surface area contributed by atoms with Crippen molar-refractivity contribution in [2.45, 2.75) is 44.9 Å². The lowest BCUT2D eigenvalue weighted by atomic mass is 10.1. The Morgan fingerprint density at radius 1 is 1.44 bits per heavy atom. The highest BCUT2D eigenvalue weighted by molar-refractivity contribution is 7.99. The first-order valence-corrected chi connectivity index (χ1v) is 7.16. The molecule has 1 rings (SSSR count). The van der Waals surface area contributed by atoms with Gasteiger partial charge in [0.1, 0.15) is 0 Å². The molecule has 0 fully saturated rings. The number of aromatic nitrogens is 4. The number of hydrogen-bond donors (Lipinski definition) is 2. The van der Waals surface area contributed by atoms with Gasteiger partial charge in [-0.1, -0.05) is 18.7 Å². The zero-order valence-electron chi connectivity index (χ0n) is 11.6. The predicted molar refractivity (Wildman–Crippen MR) is 72.5 cm³/mol. The van der Waals surface area contributed by atoms with Gasteiger partial charge in [0, 0.05) is 24.4 Å². The first kappa shape index (κ1) is 15.4. The molecule has 7 heteroatoms. The van der Waals surface area contributed by atoms with Crippen molar-refractivity contribution in [2.75, 3.05) is 18.9 Å². The van der Waals surface area contributed by atoms with E-state index in [1.165, 1.54) is 0 Å². The maximum atomic E-state index is 8.98. The van der Waals surface area contributed by atoms with E-state index >= 15 is 0 Å². The zero-order chi connectivity index (χ0) is 13.6. The van der Waals surface area contributed by atoms with Crippen molar-refractivity contribution in [1.82, 2.24) is 25.5 Å². The van der Waals surface area contributed by atoms with E-state index < -0.39 is 0 Å². The van der Waals surface area contributed by atoms with Gasteiger partial charge in [-0.2, -0.15) is 0 Å². The molecule has 6 nitrogen and oxygen atoms in total. The van der Waals surface area contributed by atoms with E-state index in [-0.39, 0.29) is 18.1 Å². The molecular formula is C11H23N5OS. The van der Waals surface area contributed by atoms with Gasteiger partial charge in [-0.25, -0.2) is 4.68 Å². The van der Waals surface area contributed by atoms with Crippen molar-refractivity contribution in [3.05, 3.63) is 0 Å². The lowest BCUT2D eigenvalue weighted by Crippen LogP contribution is -2.38. The van der Waals surface area contributed by atoms with Crippen molar-refractivity contribution in [1.29, 1.82) is 0 Å². The first-order chi connectivity index (χ1) is 8.42. The SMILES string of the molecule is CC(CO)CSc1nnnn1CCNC(C)(C)C. The molecule has 0 radical (unpaired) electrons. The monoisotopic (exact) mass is 273 g/mol. The molecule has 104 valence electrons. The third-order valence-corrected chi connectivity index (χ3v) is 3.57. The smallest absolute Gasteiger partial charge is 0.209 e. The summed E-state index contributed by atoms with van der Waals surface area (Å²) in [4.78, 5) is 0. The quantitative estimate of drug-likeness (QED) is 0.715. The summed E-state index contributed by atoms with van der Waals surface area (Å²) in [5.74, 6) is 1.08. The molecule has 1 unspecified atom stereocenters. The van der Waals surface area contributed by atoms with Crippen LogP contribution in [0.2, 0.25) is 0 Å². The molecule has 2 N–H and O–H groups in total. The Bertz CT molecular complexity index is 349. The van der Waals surface area contributed by atoms with Gasteiger partial charge in [0.25, 0.3) is 0 Å². The van der Waals surface area contributed by atoms with Gasteiger partial charge in [0.15, 0.2) is 0 Å². The highest BCUT2D eigenvalue weighted by atomic mass is 32.2. The number of aliphatic hydroxyl groups is 1. The van der Waals surface area contributed by atoms with Crippen molar-refractivity contribution < 1.29 is 5.11 Å². The van der Waals surface area contributed by atoms with Crippen LogP contribution in [0.4, 0.5) is 0 Å². The molecule has 1 aromatic rings. The zero-order valence-corrected chi connectivity index (χ0v) is 12.4. The summed E-state index contributed by atoms with van der Waals surface area (Å²) in [5, 5.41) is 24.8. The van der Waals surface area contributed by atoms with Crippen LogP contribution in [0, 0.1) is 5.92 Å². The molecule has 18 heavy (non-hydrogen) atoms. The highest BCUT2D eigenvalue weighted by Gasteiger charge is 2.11. The number of tetrazole rings is 1. The number of nitrogens with zero attached hydrogens (tertiary/aromatic N) is 4. The number of nitrogens with one attached hydrogen (secondary N) is 1. The van der Waals surface area contributed by atoms with Crippen LogP contribution in [0.15, 0.2) is 5.16 Å². The molecule has 0 aliphatic rings. The second-order valence-corrected chi connectivity index (χ2v) is 6.45. The summed E-state index contributed by atoms with van der Waals surface area (Å²) >= 11 is 1.58. The maximum absolute atomic E-state index is 8.98. The molecule has 0 aliphatic heterocycles. The molecule has 0 aromatic carbocycles. The number of aliphatic hydroxyl groups excluding tert-OH is 1. The average molecular weight is 273 g/mol. The standard InChI is InChI=1S/C11H23N5OS/c1-9(7-17)8-18-10-13-14-15-16(10)6-5-12-11(2,3)4/h9,12,17H,5-8H2,1-4H3. The van der Waals surface area contributed by atoms with Crippen LogP contribution in [0.25, 0.3) is 0 Å². The molecule has 1 heterocycles. The summed E-state index contributed by atoms with van der Waals surface area (Å²) < 4.78 is 1.80. The predicted octanol–water partition coefficient (Wildman–Crippen LogP) is 0.782. The first-order valence-electron chi connectivity index (χ1n) is 6.17. The minimum atomic E-state index is 0.104. The van der Waals surface area contributed by atoms with E-state index in [9.17, 15) is 0 Å². The minimum absolute atomic E-state index is 0.104. The maximum Gasteiger partial charge on any atom is 0.209 e. The van der Waals surface area contributed by atoms with Crippen LogP contribution >= 0.6 is 11.8 Å². The second-order valence-electron chi connectivity index (χ2n) is 5.46. The van der Waals surface area contributed by atoms with Crippen molar-refractivity contribution in [3.8, 4) is 0 Å². The third-order valence-electron chi connectivity index (χ3n) is 2.29. The van der Waals surface area contributed by atoms with E-state index in [1.807, 2.05) is 6.92 Å². The second kappa shape index (κ2) is 7.06. The largest absolute Gasteiger partial charge is 0.396 e. The number of hydrogen-bond acceptors (Lipinski definition) is 6. The molecule has 0 saturated carbocycles. The van der Waals surface area contributed by atoms with E-state index in [0.29, 0.717) is 0 Å². The third kappa shape index (κ3) is 5.79. The summed E-state index contributed by atoms with van der Waals surface area (Å²) in [6.07, 6.45) is 0. The normalized spacial score (nSPS) is 13.8. The average Bonchev–Trinajstić information content (AvgIpc) is 2.72. The van der Waals surface area contributed by atoms with Crippen LogP contribution in [0.1, 0.15) is 27.7 Å². The van der Waals surface area contributed by atoms with Crippen LogP contribution in [0.3, 0.4) is 0 Å². The Labute approximate surface area is 113 Å². The lowest BCUT2D eigenvalue weighted by Gasteiger charge is -2.20. The van der Waals surface area contributed by atoms with Gasteiger partial charge < -0.3 is 10.4 Å². The Kier molecular flexibility index (Phi) is 6.04. The fraction of sp³-hybridized carbons (Fsp3) is 0.909. The summed E-state index contributed by atoms with van der Waals surface area (Å²) in [6, 6.07) is 0. The summed E-state index contributed by atoms with van der Waals surface area (Å²) in [5.41, 5.74) is 0.104. The van der Waals surface area contributed by atoms with Crippen molar-refractivity contribution >= 4 is 11.8 Å². The fourth-order valence-corrected chi connectivity index (χ4v) is 2.16. The Morgan fingerprint density at radius 2 is 2.17 bits per heavy atom. The van der Waals surface area contributed by atoms with Gasteiger partial charge in [0.05, 0.1) is 6.54 Å². The lowest BCUT2D eigenvalue weighted by molar-refractivity contribution is 0.250. The Balaban J connectivity index is 2.40. The van der Waals surface area contributed by atoms with E-state index in [4.69, 9.17) is 5.11 Å². The Morgan fingerprint density at radius 3 is 2.78 bits per heavy atom. The minimum Gasteiger partial charge on any atom is -0.396 e. The van der Waals surface area contributed by atoms with Gasteiger partial charge >= 0.3 is 0 Å². The summed E-state index contributed by atoms with van der Waals surface area (Å²) in [6.45, 7) is 10.2. The molecule has 0 amide bonds. The molecule has 0 bridgehead atoms. The van der Waals surface area contributed by atoms with Crippen LogP contribution in [-0.2, 0) is 6.54 Å². The van der Waals surface area contributed by atoms with E-state index in [0.717, 1.165) is 24.0 Å². The fourth-order valence-electron chi connectivity index (χ4n) is 1.25. The molecule has 0 spiro atoms. The van der Waals surface area contributed by atoms with Crippen LogP contribution in [0.5, 0.6) is 0 Å². The highest BCUT2D eigenvalue weighted by Crippen LogP contribution is 2.16. The van der Waals surface area contributed by atoms with Gasteiger partial charge in [-0.05, 0) is 37.1 Å². The van der Waals surface area contributed by atoms with Crippen molar-refractivity contribution in [3.63, 3.8) is 0 Å². The number of rotatable bonds is 7. The van der Waals surface area contributed by atoms with Crippen LogP contribution in [-0.4, -0.2) is 49.8 Å².